The van der Waals surface area contributed by atoms with Gasteiger partial charge in [0.1, 0.15) is 0 Å². The second-order valence-corrected chi connectivity index (χ2v) is 26.0. The first-order chi connectivity index (χ1) is 31.6. The van der Waals surface area contributed by atoms with Crippen LogP contribution in [0.4, 0.5) is 0 Å². The van der Waals surface area contributed by atoms with Crippen LogP contribution < -0.4 is 24.0 Å². The number of unbranched alkanes of at least 4 members (excludes halogenated alkanes) is 30. The van der Waals surface area contributed by atoms with Crippen molar-refractivity contribution in [1.82, 2.24) is 0 Å². The van der Waals surface area contributed by atoms with Gasteiger partial charge in [-0.3, -0.25) is 0 Å². The summed E-state index contributed by atoms with van der Waals surface area (Å²) in [7, 11) is 2.84. The Morgan fingerprint density at radius 2 is 0.864 bits per heavy atom. The van der Waals surface area contributed by atoms with E-state index in [1.807, 2.05) is 0 Å². The van der Waals surface area contributed by atoms with Crippen LogP contribution in [0.5, 0.6) is 0 Å². The molecule has 9 atom stereocenters. The summed E-state index contributed by atoms with van der Waals surface area (Å²) in [5, 5.41) is 0. The van der Waals surface area contributed by atoms with Gasteiger partial charge in [-0.05, 0) is 124 Å². The fraction of sp³-hybridized carbons (Fsp3) is 1.00. The number of hydrogen-bond donors (Lipinski definition) is 0. The van der Waals surface area contributed by atoms with Crippen molar-refractivity contribution in [2.45, 2.75) is 337 Å². The van der Waals surface area contributed by atoms with Gasteiger partial charge >= 0.3 is 0 Å². The van der Waals surface area contributed by atoms with Crippen LogP contribution >= 0.6 is 0 Å². The lowest BCUT2D eigenvalue weighted by Gasteiger charge is -2.65. The first-order valence-corrected chi connectivity index (χ1v) is 31.5. The monoisotopic (exact) mass is 1030 g/mol. The molecule has 0 aromatic heterocycles. The third-order valence-electron chi connectivity index (χ3n) is 20.7. The van der Waals surface area contributed by atoms with E-state index in [0.29, 0.717) is 10.8 Å². The molecule has 4 aliphatic rings. The zero-order valence-corrected chi connectivity index (χ0v) is 49.1. The Morgan fingerprint density at radius 3 is 1.29 bits per heavy atom. The molecule has 0 saturated heterocycles. The molecule has 0 radical (unpaired) electrons. The maximum absolute atomic E-state index is 2.96. The molecule has 4 saturated carbocycles. The van der Waals surface area contributed by atoms with Gasteiger partial charge in [0, 0.05) is 11.8 Å². The zero-order chi connectivity index (χ0) is 46.6. The van der Waals surface area contributed by atoms with Gasteiger partial charge in [-0.25, -0.2) is 0 Å². The van der Waals surface area contributed by atoms with E-state index in [9.17, 15) is 0 Å². The van der Waals surface area contributed by atoms with Gasteiger partial charge in [-0.1, -0.05) is 248 Å². The quantitative estimate of drug-likeness (QED) is 0.0326. The summed E-state index contributed by atoms with van der Waals surface area (Å²) in [6, 6.07) is 0.901. The average molecular weight is 1030 g/mol. The maximum atomic E-state index is 2.96. The van der Waals surface area contributed by atoms with E-state index < -0.39 is 0 Å². The van der Waals surface area contributed by atoms with Gasteiger partial charge in [0.15, 0.2) is 0 Å². The van der Waals surface area contributed by atoms with E-state index in [0.717, 1.165) is 47.5 Å². The summed E-state index contributed by atoms with van der Waals surface area (Å²) in [6.07, 6.45) is 65.6. The van der Waals surface area contributed by atoms with Gasteiger partial charge in [0.25, 0.3) is 0 Å². The highest BCUT2D eigenvalue weighted by Gasteiger charge is 2.64. The number of rotatable bonds is 40. The van der Waals surface area contributed by atoms with E-state index in [2.05, 4.69) is 55.5 Å². The van der Waals surface area contributed by atoms with Crippen LogP contribution in [0.25, 0.3) is 0 Å². The fourth-order valence-electron chi connectivity index (χ4n) is 16.8. The summed E-state index contributed by atoms with van der Waals surface area (Å²) in [6.45, 7) is 20.9. The minimum Gasteiger partial charge on any atom is -1.00 e. The molecule has 4 rings (SSSR count). The first-order valence-electron chi connectivity index (χ1n) is 31.5. The van der Waals surface area contributed by atoms with Gasteiger partial charge in [-0.2, -0.15) is 0 Å². The minimum absolute atomic E-state index is 0. The van der Waals surface area contributed by atoms with E-state index in [4.69, 9.17) is 0 Å². The number of fused-ring (bicyclic) bond motifs is 5. The van der Waals surface area contributed by atoms with E-state index in [1.54, 1.807) is 44.9 Å². The van der Waals surface area contributed by atoms with Gasteiger partial charge in [0.2, 0.25) is 0 Å². The van der Waals surface area contributed by atoms with Crippen molar-refractivity contribution in [3.63, 3.8) is 0 Å². The highest BCUT2D eigenvalue weighted by Crippen LogP contribution is 2.69. The molecule has 2 heteroatoms. The Balaban J connectivity index is 0.0000116. The Kier molecular flexibility index (Phi) is 32.3. The number of hydrogen-bond acceptors (Lipinski definition) is 0. The Bertz CT molecular complexity index is 1110. The minimum atomic E-state index is 0. The van der Waals surface area contributed by atoms with Crippen LogP contribution in [0.3, 0.4) is 0 Å². The fourth-order valence-corrected chi connectivity index (χ4v) is 16.8. The zero-order valence-electron chi connectivity index (χ0n) is 47.0. The summed E-state index contributed by atoms with van der Waals surface area (Å²) in [5.74, 6) is 6.79. The van der Waals surface area contributed by atoms with Gasteiger partial charge < -0.3 is 28.5 Å². The maximum Gasteiger partial charge on any atom is 0.0947 e. The third kappa shape index (κ3) is 19.9. The van der Waals surface area contributed by atoms with Crippen molar-refractivity contribution in [3.8, 4) is 0 Å². The molecule has 0 spiro atoms. The average Bonchev–Trinajstić information content (AvgIpc) is 3.65. The number of nitrogens with zero attached hydrogens (tertiary/aromatic N) is 1. The van der Waals surface area contributed by atoms with Crippen LogP contribution in [-0.2, 0) is 0 Å². The van der Waals surface area contributed by atoms with Gasteiger partial charge in [0.05, 0.1) is 26.2 Å². The second kappa shape index (κ2) is 34.9. The second-order valence-electron chi connectivity index (χ2n) is 26.0. The van der Waals surface area contributed by atoms with Crippen molar-refractivity contribution in [1.29, 1.82) is 0 Å². The molecule has 392 valence electrons. The van der Waals surface area contributed by atoms with Crippen molar-refractivity contribution >= 4 is 0 Å². The van der Waals surface area contributed by atoms with E-state index in [1.165, 1.54) is 255 Å². The number of quaternary nitrogens is 1. The Morgan fingerprint density at radius 1 is 0.439 bits per heavy atom. The Labute approximate surface area is 435 Å². The molecule has 0 aliphatic heterocycles. The van der Waals surface area contributed by atoms with E-state index in [-0.39, 0.29) is 24.0 Å². The summed E-state index contributed by atoms with van der Waals surface area (Å²) < 4.78 is 1.44. The molecule has 0 aromatic carbocycles. The van der Waals surface area contributed by atoms with Gasteiger partial charge in [-0.15, -0.1) is 0 Å². The van der Waals surface area contributed by atoms with Crippen LogP contribution in [0.15, 0.2) is 0 Å². The SMILES string of the molecule is CCCCCCCCCCCCCCCCCC[N+](C)(CCCCCCCCCCCCCCCCCC)C1CCCC2CC[C@@H]3[C@H](CC[C@]4(C)[C@@H]([C@H](C)CCCC(C)C)CC[C@@H]34)[C@]21C.[I-]. The lowest BCUT2D eigenvalue weighted by Crippen LogP contribution is -3.00. The molecule has 0 amide bonds. The van der Waals surface area contributed by atoms with Crippen molar-refractivity contribution in [2.24, 2.45) is 52.3 Å². The predicted octanol–water partition coefficient (Wildman–Crippen LogP) is 18.4. The van der Waals surface area contributed by atoms with Crippen molar-refractivity contribution in [2.75, 3.05) is 20.1 Å². The largest absolute Gasteiger partial charge is 1.00 e. The summed E-state index contributed by atoms with van der Waals surface area (Å²) in [4.78, 5) is 0. The van der Waals surface area contributed by atoms with Crippen molar-refractivity contribution in [3.05, 3.63) is 0 Å². The lowest BCUT2D eigenvalue weighted by atomic mass is 9.43. The first kappa shape index (κ1) is 61.0. The van der Waals surface area contributed by atoms with Crippen LogP contribution in [0.2, 0.25) is 0 Å². The van der Waals surface area contributed by atoms with Crippen molar-refractivity contribution < 1.29 is 28.5 Å². The molecule has 66 heavy (non-hydrogen) atoms. The van der Waals surface area contributed by atoms with Crippen LogP contribution in [0, 0.1) is 52.3 Å². The molecule has 0 aromatic rings. The highest BCUT2D eigenvalue weighted by molar-refractivity contribution is 5.11. The van der Waals surface area contributed by atoms with Crippen LogP contribution in [0.1, 0.15) is 331 Å². The molecular weight excluding hydrogens is 910 g/mol. The topological polar surface area (TPSA) is 0 Å². The van der Waals surface area contributed by atoms with E-state index >= 15 is 0 Å². The normalized spacial score (nSPS) is 28.0. The third-order valence-corrected chi connectivity index (χ3v) is 20.7. The smallest absolute Gasteiger partial charge is 0.0947 e. The molecule has 4 aliphatic carbocycles. The summed E-state index contributed by atoms with van der Waals surface area (Å²) in [5.41, 5.74) is 1.17. The highest BCUT2D eigenvalue weighted by atomic mass is 127. The molecule has 0 heterocycles. The standard InChI is InChI=1S/C64H124N.HI/c1-9-11-13-15-17-19-21-23-25-27-29-31-33-35-37-39-53-65(8,54-40-38-36-34-32-30-28-26-24-22-20-18-16-14-12-10-2)62-46-42-45-57-47-48-58-60-50-49-59(56(5)44-41-43-55(3)4)63(60,6)52-51-61(58)64(57,62)7;/h55-62H,9-54H2,1-8H3;1H/q+1;/p-1/t56-,57?,58+,59-,60+,61+,62?,63-,64+;/m1./s1. The number of halogens is 1. The molecule has 0 N–H and O–H groups in total. The molecule has 0 bridgehead atoms. The Hall–Kier alpha value is 0.690. The molecular formula is C64H124IN. The van der Waals surface area contributed by atoms with Crippen LogP contribution in [-0.4, -0.2) is 30.7 Å². The molecule has 1 nitrogen and oxygen atoms in total. The summed E-state index contributed by atoms with van der Waals surface area (Å²) >= 11 is 0. The lowest BCUT2D eigenvalue weighted by molar-refractivity contribution is -0.944. The predicted molar refractivity (Wildman–Crippen MR) is 292 cm³/mol. The molecule has 4 fully saturated rings. The molecule has 2 unspecified atom stereocenters.